The molecular formula is C19H16FNO2. The van der Waals surface area contributed by atoms with Crippen molar-refractivity contribution in [1.82, 2.24) is 0 Å². The van der Waals surface area contributed by atoms with E-state index < -0.39 is 5.82 Å². The molecule has 1 aliphatic rings. The lowest BCUT2D eigenvalue weighted by Crippen LogP contribution is -2.12. The van der Waals surface area contributed by atoms with Gasteiger partial charge >= 0.3 is 0 Å². The van der Waals surface area contributed by atoms with E-state index in [1.807, 2.05) is 12.1 Å². The highest BCUT2D eigenvalue weighted by Gasteiger charge is 2.20. The quantitative estimate of drug-likeness (QED) is 0.750. The van der Waals surface area contributed by atoms with Crippen molar-refractivity contribution in [3.63, 3.8) is 0 Å². The van der Waals surface area contributed by atoms with Crippen molar-refractivity contribution in [2.24, 2.45) is 0 Å². The first-order valence-corrected chi connectivity index (χ1v) is 7.74. The first-order valence-electron chi connectivity index (χ1n) is 7.74. The van der Waals surface area contributed by atoms with Gasteiger partial charge in [-0.05, 0) is 55.5 Å². The molecule has 0 atom stereocenters. The maximum Gasteiger partial charge on any atom is 0.291 e. The molecule has 3 nitrogen and oxygen atoms in total. The Morgan fingerprint density at radius 1 is 1.17 bits per heavy atom. The number of benzene rings is 2. The highest BCUT2D eigenvalue weighted by molar-refractivity contribution is 6.06. The molecule has 2 aromatic carbocycles. The van der Waals surface area contributed by atoms with Crippen molar-refractivity contribution in [1.29, 1.82) is 0 Å². The molecule has 0 spiro atoms. The summed E-state index contributed by atoms with van der Waals surface area (Å²) in [4.78, 5) is 12.5. The first-order chi connectivity index (χ1) is 11.1. The summed E-state index contributed by atoms with van der Waals surface area (Å²) in [6.45, 7) is 1.77. The average molecular weight is 309 g/mol. The fraction of sp³-hybridized carbons (Fsp3) is 0.211. The number of amides is 1. The van der Waals surface area contributed by atoms with Crippen LogP contribution >= 0.6 is 0 Å². The molecule has 0 unspecified atom stereocenters. The van der Waals surface area contributed by atoms with Crippen molar-refractivity contribution < 1.29 is 13.6 Å². The monoisotopic (exact) mass is 309 g/mol. The lowest BCUT2D eigenvalue weighted by atomic mass is 10.1. The normalized spacial score (nSPS) is 13.3. The second-order valence-electron chi connectivity index (χ2n) is 5.96. The Kier molecular flexibility index (Phi) is 3.18. The molecule has 1 heterocycles. The van der Waals surface area contributed by atoms with Crippen LogP contribution in [0.3, 0.4) is 0 Å². The van der Waals surface area contributed by atoms with E-state index in [0.29, 0.717) is 10.9 Å². The zero-order chi connectivity index (χ0) is 16.0. The third-order valence-corrected chi connectivity index (χ3v) is 4.48. The predicted octanol–water partition coefficient (Wildman–Crippen LogP) is 4.62. The van der Waals surface area contributed by atoms with Crippen molar-refractivity contribution in [2.45, 2.75) is 26.2 Å². The van der Waals surface area contributed by atoms with E-state index in [2.05, 4.69) is 11.4 Å². The number of aryl methyl sites for hydroxylation is 3. The summed E-state index contributed by atoms with van der Waals surface area (Å²) in [6.07, 6.45) is 3.31. The van der Waals surface area contributed by atoms with Gasteiger partial charge in [-0.15, -0.1) is 0 Å². The summed E-state index contributed by atoms with van der Waals surface area (Å²) in [6, 6.07) is 10.7. The van der Waals surface area contributed by atoms with Gasteiger partial charge in [0.15, 0.2) is 17.2 Å². The summed E-state index contributed by atoms with van der Waals surface area (Å²) < 4.78 is 19.3. The predicted molar refractivity (Wildman–Crippen MR) is 87.3 cm³/mol. The Bertz CT molecular complexity index is 927. The Hall–Kier alpha value is -2.62. The maximum atomic E-state index is 13.8. The number of para-hydroxylation sites is 1. The number of anilines is 1. The molecule has 1 amide bonds. The second kappa shape index (κ2) is 5.23. The number of nitrogens with one attached hydrogen (secondary N) is 1. The number of hydrogen-bond acceptors (Lipinski definition) is 2. The van der Waals surface area contributed by atoms with Gasteiger partial charge in [-0.3, -0.25) is 4.79 Å². The molecule has 4 heteroatoms. The second-order valence-corrected chi connectivity index (χ2v) is 5.96. The van der Waals surface area contributed by atoms with Gasteiger partial charge in [0, 0.05) is 16.6 Å². The molecule has 4 rings (SSSR count). The number of fused-ring (bicyclic) bond motifs is 2. The number of carbonyl (C=O) groups excluding carboxylic acids is 1. The molecule has 1 aromatic heterocycles. The molecular weight excluding hydrogens is 293 g/mol. The SMILES string of the molecule is Cc1c(C(=O)Nc2ccc3c(c2)CCC3)oc2c(F)cccc12. The lowest BCUT2D eigenvalue weighted by Gasteiger charge is -2.06. The lowest BCUT2D eigenvalue weighted by molar-refractivity contribution is 0.0997. The van der Waals surface area contributed by atoms with E-state index >= 15 is 0 Å². The molecule has 0 radical (unpaired) electrons. The Morgan fingerprint density at radius 2 is 2.00 bits per heavy atom. The fourth-order valence-electron chi connectivity index (χ4n) is 3.26. The average Bonchev–Trinajstić information content (AvgIpc) is 3.13. The summed E-state index contributed by atoms with van der Waals surface area (Å²) in [5.41, 5.74) is 4.17. The number of rotatable bonds is 2. The van der Waals surface area contributed by atoms with Crippen LogP contribution in [0.15, 0.2) is 40.8 Å². The highest BCUT2D eigenvalue weighted by atomic mass is 19.1. The summed E-state index contributed by atoms with van der Waals surface area (Å²) >= 11 is 0. The molecule has 3 aromatic rings. The van der Waals surface area contributed by atoms with Gasteiger partial charge < -0.3 is 9.73 Å². The van der Waals surface area contributed by atoms with Crippen molar-refractivity contribution in [2.75, 3.05) is 5.32 Å². The van der Waals surface area contributed by atoms with Crippen molar-refractivity contribution >= 4 is 22.6 Å². The largest absolute Gasteiger partial charge is 0.448 e. The molecule has 1 N–H and O–H groups in total. The zero-order valence-corrected chi connectivity index (χ0v) is 12.8. The molecule has 0 bridgehead atoms. The van der Waals surface area contributed by atoms with Crippen LogP contribution in [0.2, 0.25) is 0 Å². The number of furan rings is 1. The van der Waals surface area contributed by atoms with Gasteiger partial charge in [0.05, 0.1) is 0 Å². The van der Waals surface area contributed by atoms with Crippen LogP contribution in [0.25, 0.3) is 11.0 Å². The molecule has 0 fully saturated rings. The third kappa shape index (κ3) is 2.31. The minimum atomic E-state index is -0.456. The highest BCUT2D eigenvalue weighted by Crippen LogP contribution is 2.29. The summed E-state index contributed by atoms with van der Waals surface area (Å²) in [7, 11) is 0. The minimum absolute atomic E-state index is 0.129. The Labute approximate surface area is 133 Å². The van der Waals surface area contributed by atoms with E-state index in [4.69, 9.17) is 4.42 Å². The van der Waals surface area contributed by atoms with Gasteiger partial charge in [0.1, 0.15) is 0 Å². The number of halogens is 1. The van der Waals surface area contributed by atoms with Crippen molar-refractivity contribution in [3.8, 4) is 0 Å². The zero-order valence-electron chi connectivity index (χ0n) is 12.8. The topological polar surface area (TPSA) is 42.2 Å². The third-order valence-electron chi connectivity index (χ3n) is 4.48. The van der Waals surface area contributed by atoms with E-state index in [-0.39, 0.29) is 17.3 Å². The number of carbonyl (C=O) groups is 1. The summed E-state index contributed by atoms with van der Waals surface area (Å²) in [5, 5.41) is 3.48. The fourth-order valence-corrected chi connectivity index (χ4v) is 3.26. The van der Waals surface area contributed by atoms with E-state index in [1.165, 1.54) is 17.2 Å². The van der Waals surface area contributed by atoms with Crippen LogP contribution in [0.1, 0.15) is 33.7 Å². The Morgan fingerprint density at radius 3 is 2.83 bits per heavy atom. The Balaban J connectivity index is 1.67. The van der Waals surface area contributed by atoms with Crippen LogP contribution in [-0.2, 0) is 12.8 Å². The molecule has 0 saturated carbocycles. The minimum Gasteiger partial charge on any atom is -0.448 e. The van der Waals surface area contributed by atoms with Crippen LogP contribution in [0, 0.1) is 12.7 Å². The van der Waals surface area contributed by atoms with Gasteiger partial charge in [0.25, 0.3) is 5.91 Å². The van der Waals surface area contributed by atoms with Crippen LogP contribution in [0.5, 0.6) is 0 Å². The molecule has 116 valence electrons. The molecule has 23 heavy (non-hydrogen) atoms. The van der Waals surface area contributed by atoms with E-state index in [0.717, 1.165) is 24.9 Å². The van der Waals surface area contributed by atoms with Gasteiger partial charge in [-0.25, -0.2) is 4.39 Å². The van der Waals surface area contributed by atoms with Crippen LogP contribution < -0.4 is 5.32 Å². The van der Waals surface area contributed by atoms with E-state index in [9.17, 15) is 9.18 Å². The maximum absolute atomic E-state index is 13.8. The standard InChI is InChI=1S/C19H16FNO2/c1-11-15-6-3-7-16(20)18(15)23-17(11)19(22)21-14-9-8-12-4-2-5-13(12)10-14/h3,6-10H,2,4-5H2,1H3,(H,21,22). The van der Waals surface area contributed by atoms with E-state index in [1.54, 1.807) is 19.1 Å². The summed E-state index contributed by atoms with van der Waals surface area (Å²) in [5.74, 6) is -0.649. The number of hydrogen-bond donors (Lipinski definition) is 1. The van der Waals surface area contributed by atoms with Crippen LogP contribution in [0.4, 0.5) is 10.1 Å². The van der Waals surface area contributed by atoms with Crippen molar-refractivity contribution in [3.05, 3.63) is 64.7 Å². The van der Waals surface area contributed by atoms with Crippen LogP contribution in [-0.4, -0.2) is 5.91 Å². The molecule has 0 saturated heterocycles. The van der Waals surface area contributed by atoms with Gasteiger partial charge in [-0.2, -0.15) is 0 Å². The molecule has 1 aliphatic carbocycles. The van der Waals surface area contributed by atoms with Gasteiger partial charge in [-0.1, -0.05) is 18.2 Å². The first kappa shape index (κ1) is 14.0. The smallest absolute Gasteiger partial charge is 0.291 e. The van der Waals surface area contributed by atoms with Gasteiger partial charge in [0.2, 0.25) is 0 Å². The molecule has 0 aliphatic heterocycles.